The average molecular weight is 185 g/mol. The topological polar surface area (TPSA) is 85.2 Å². The van der Waals surface area contributed by atoms with E-state index in [2.05, 4.69) is 10.1 Å². The van der Waals surface area contributed by atoms with Crippen LogP contribution in [0.2, 0.25) is 0 Å². The molecule has 0 spiro atoms. The van der Waals surface area contributed by atoms with Crippen LogP contribution in [0.4, 0.5) is 0 Å². The maximum Gasteiger partial charge on any atom is 0.228 e. The Balaban J connectivity index is 2.44. The fourth-order valence-corrected chi connectivity index (χ4v) is 0.987. The van der Waals surface area contributed by atoms with E-state index >= 15 is 0 Å². The van der Waals surface area contributed by atoms with Crippen LogP contribution in [-0.2, 0) is 12.8 Å². The number of aromatic nitrogens is 2. The van der Waals surface area contributed by atoms with E-state index in [0.717, 1.165) is 0 Å². The molecule has 0 radical (unpaired) electrons. The second-order valence-corrected chi connectivity index (χ2v) is 3.11. The number of aliphatic hydroxyl groups excluding tert-OH is 1. The third-order valence-corrected chi connectivity index (χ3v) is 1.57. The lowest BCUT2D eigenvalue weighted by atomic mass is 10.2. The molecule has 74 valence electrons. The molecule has 1 rings (SSSR count). The third-order valence-electron chi connectivity index (χ3n) is 1.57. The lowest BCUT2D eigenvalue weighted by Gasteiger charge is -1.96. The Bertz CT molecular complexity index is 247. The average Bonchev–Trinajstić information content (AvgIpc) is 2.48. The first-order valence-electron chi connectivity index (χ1n) is 4.40. The van der Waals surface area contributed by atoms with Crippen molar-refractivity contribution in [2.24, 2.45) is 5.73 Å². The van der Waals surface area contributed by atoms with E-state index in [1.54, 1.807) is 0 Å². The van der Waals surface area contributed by atoms with Crippen LogP contribution < -0.4 is 5.73 Å². The summed E-state index contributed by atoms with van der Waals surface area (Å²) in [6.07, 6.45) is 1.92. The van der Waals surface area contributed by atoms with Crippen molar-refractivity contribution < 1.29 is 9.63 Å². The van der Waals surface area contributed by atoms with Gasteiger partial charge in [-0.3, -0.25) is 0 Å². The maximum atomic E-state index is 8.57. The first-order chi connectivity index (χ1) is 6.22. The van der Waals surface area contributed by atoms with Gasteiger partial charge in [0.2, 0.25) is 5.89 Å². The van der Waals surface area contributed by atoms with E-state index in [0.29, 0.717) is 31.0 Å². The highest BCUT2D eigenvalue weighted by Crippen LogP contribution is 2.02. The number of nitrogens with zero attached hydrogens (tertiary/aromatic N) is 2. The molecule has 0 aliphatic carbocycles. The van der Waals surface area contributed by atoms with Crippen LogP contribution >= 0.6 is 0 Å². The zero-order chi connectivity index (χ0) is 9.68. The van der Waals surface area contributed by atoms with E-state index < -0.39 is 0 Å². The SMILES string of the molecule is CC(N)Cc1nc(CCCO)no1. The Labute approximate surface area is 76.9 Å². The van der Waals surface area contributed by atoms with Gasteiger partial charge >= 0.3 is 0 Å². The van der Waals surface area contributed by atoms with Gasteiger partial charge in [-0.25, -0.2) is 0 Å². The number of nitrogens with two attached hydrogens (primary N) is 1. The Kier molecular flexibility index (Phi) is 3.85. The summed E-state index contributed by atoms with van der Waals surface area (Å²) in [5.74, 6) is 1.22. The summed E-state index contributed by atoms with van der Waals surface area (Å²) in [5, 5.41) is 12.3. The van der Waals surface area contributed by atoms with Crippen LogP contribution in [0.5, 0.6) is 0 Å². The minimum Gasteiger partial charge on any atom is -0.396 e. The molecular weight excluding hydrogens is 170 g/mol. The standard InChI is InChI=1S/C8H15N3O2/c1-6(9)5-8-10-7(11-13-8)3-2-4-12/h6,12H,2-5,9H2,1H3. The zero-order valence-electron chi connectivity index (χ0n) is 7.73. The first-order valence-corrected chi connectivity index (χ1v) is 4.40. The Morgan fingerprint density at radius 1 is 1.62 bits per heavy atom. The second kappa shape index (κ2) is 4.94. The molecule has 1 unspecified atom stereocenters. The van der Waals surface area contributed by atoms with Crippen molar-refractivity contribution in [2.75, 3.05) is 6.61 Å². The molecule has 0 amide bonds. The molecule has 13 heavy (non-hydrogen) atoms. The van der Waals surface area contributed by atoms with Crippen LogP contribution in [-0.4, -0.2) is 27.9 Å². The summed E-state index contributed by atoms with van der Waals surface area (Å²) in [5.41, 5.74) is 5.57. The molecule has 0 aliphatic rings. The largest absolute Gasteiger partial charge is 0.396 e. The van der Waals surface area contributed by atoms with Crippen LogP contribution in [0.25, 0.3) is 0 Å². The molecular formula is C8H15N3O2. The summed E-state index contributed by atoms with van der Waals surface area (Å²) >= 11 is 0. The van der Waals surface area contributed by atoms with E-state index in [9.17, 15) is 0 Å². The summed E-state index contributed by atoms with van der Waals surface area (Å²) in [4.78, 5) is 4.12. The highest BCUT2D eigenvalue weighted by atomic mass is 16.5. The zero-order valence-corrected chi connectivity index (χ0v) is 7.73. The lowest BCUT2D eigenvalue weighted by Crippen LogP contribution is -2.17. The van der Waals surface area contributed by atoms with Crippen molar-refractivity contribution >= 4 is 0 Å². The summed E-state index contributed by atoms with van der Waals surface area (Å²) in [7, 11) is 0. The summed E-state index contributed by atoms with van der Waals surface area (Å²) in [6, 6.07) is 0.0335. The predicted molar refractivity (Wildman–Crippen MR) is 47.1 cm³/mol. The van der Waals surface area contributed by atoms with Crippen LogP contribution in [0.15, 0.2) is 4.52 Å². The molecule has 0 bridgehead atoms. The van der Waals surface area contributed by atoms with Gasteiger partial charge in [-0.05, 0) is 13.3 Å². The Morgan fingerprint density at radius 3 is 3.00 bits per heavy atom. The van der Waals surface area contributed by atoms with Gasteiger partial charge in [-0.1, -0.05) is 5.16 Å². The molecule has 5 heteroatoms. The molecule has 1 aromatic rings. The minimum absolute atomic E-state index is 0.0335. The Hall–Kier alpha value is -0.940. The number of rotatable bonds is 5. The Morgan fingerprint density at radius 2 is 2.38 bits per heavy atom. The van der Waals surface area contributed by atoms with Crippen molar-refractivity contribution in [2.45, 2.75) is 32.2 Å². The molecule has 0 aliphatic heterocycles. The summed E-state index contributed by atoms with van der Waals surface area (Å²) in [6.45, 7) is 2.04. The summed E-state index contributed by atoms with van der Waals surface area (Å²) < 4.78 is 4.95. The molecule has 1 aromatic heterocycles. The highest BCUT2D eigenvalue weighted by Gasteiger charge is 2.07. The van der Waals surface area contributed by atoms with Crippen molar-refractivity contribution in [3.63, 3.8) is 0 Å². The quantitative estimate of drug-likeness (QED) is 0.668. The lowest BCUT2D eigenvalue weighted by molar-refractivity contribution is 0.286. The molecule has 5 nitrogen and oxygen atoms in total. The van der Waals surface area contributed by atoms with Gasteiger partial charge in [-0.15, -0.1) is 0 Å². The van der Waals surface area contributed by atoms with Gasteiger partial charge in [0.25, 0.3) is 0 Å². The molecule has 1 heterocycles. The number of aliphatic hydroxyl groups is 1. The number of hydrogen-bond acceptors (Lipinski definition) is 5. The van der Waals surface area contributed by atoms with Gasteiger partial charge in [-0.2, -0.15) is 4.98 Å². The van der Waals surface area contributed by atoms with Gasteiger partial charge in [0, 0.05) is 25.5 Å². The van der Waals surface area contributed by atoms with E-state index in [-0.39, 0.29) is 12.6 Å². The van der Waals surface area contributed by atoms with Crippen LogP contribution in [0.1, 0.15) is 25.1 Å². The van der Waals surface area contributed by atoms with Crippen molar-refractivity contribution in [3.8, 4) is 0 Å². The van der Waals surface area contributed by atoms with Crippen molar-refractivity contribution in [1.29, 1.82) is 0 Å². The molecule has 0 fully saturated rings. The van der Waals surface area contributed by atoms with Crippen LogP contribution in [0.3, 0.4) is 0 Å². The normalized spacial score (nSPS) is 13.2. The fourth-order valence-electron chi connectivity index (χ4n) is 0.987. The number of aryl methyl sites for hydroxylation is 1. The van der Waals surface area contributed by atoms with E-state index in [4.69, 9.17) is 15.4 Å². The fraction of sp³-hybridized carbons (Fsp3) is 0.750. The third kappa shape index (κ3) is 3.52. The van der Waals surface area contributed by atoms with Gasteiger partial charge in [0.05, 0.1) is 0 Å². The smallest absolute Gasteiger partial charge is 0.228 e. The van der Waals surface area contributed by atoms with Gasteiger partial charge in [0.15, 0.2) is 5.82 Å². The molecule has 3 N–H and O–H groups in total. The molecule has 0 saturated heterocycles. The number of hydrogen-bond donors (Lipinski definition) is 2. The second-order valence-electron chi connectivity index (χ2n) is 3.11. The highest BCUT2D eigenvalue weighted by molar-refractivity contribution is 4.88. The monoisotopic (exact) mass is 185 g/mol. The minimum atomic E-state index is 0.0335. The van der Waals surface area contributed by atoms with Crippen molar-refractivity contribution in [3.05, 3.63) is 11.7 Å². The van der Waals surface area contributed by atoms with E-state index in [1.165, 1.54) is 0 Å². The molecule has 1 atom stereocenters. The van der Waals surface area contributed by atoms with Crippen LogP contribution in [0, 0.1) is 0 Å². The van der Waals surface area contributed by atoms with Crippen molar-refractivity contribution in [1.82, 2.24) is 10.1 Å². The maximum absolute atomic E-state index is 8.57. The van der Waals surface area contributed by atoms with Gasteiger partial charge in [0.1, 0.15) is 0 Å². The molecule has 0 saturated carbocycles. The predicted octanol–water partition coefficient (Wildman–Crippen LogP) is -0.116. The molecule has 0 aromatic carbocycles. The first kappa shape index (κ1) is 10.1. The van der Waals surface area contributed by atoms with E-state index in [1.807, 2.05) is 6.92 Å². The van der Waals surface area contributed by atoms with Gasteiger partial charge < -0.3 is 15.4 Å².